The largest absolute Gasteiger partial charge is 0.446 e. The second-order valence-corrected chi connectivity index (χ2v) is 3.02. The number of hydrogen-bond donors (Lipinski definition) is 0. The number of fused-ring (bicyclic) bond motifs is 1. The fraction of sp³-hybridized carbons (Fsp3) is 0. The Morgan fingerprint density at radius 2 is 2.42 bits per heavy atom. The molecule has 0 aromatic carbocycles. The number of aromatic nitrogens is 1. The molecular formula is C8H3BrN2O. The molecule has 0 bridgehead atoms. The molecule has 0 aliphatic rings. The van der Waals surface area contributed by atoms with Crippen molar-refractivity contribution in [1.29, 1.82) is 5.26 Å². The van der Waals surface area contributed by atoms with Crippen LogP contribution in [-0.2, 0) is 0 Å². The lowest BCUT2D eigenvalue weighted by molar-refractivity contribution is 0.586. The summed E-state index contributed by atoms with van der Waals surface area (Å²) in [5.74, 6) is 0. The van der Waals surface area contributed by atoms with Gasteiger partial charge in [-0.05, 0) is 22.0 Å². The summed E-state index contributed by atoms with van der Waals surface area (Å²) >= 11 is 3.17. The summed E-state index contributed by atoms with van der Waals surface area (Å²) in [7, 11) is 0. The maximum absolute atomic E-state index is 8.69. The van der Waals surface area contributed by atoms with E-state index in [1.165, 1.54) is 0 Å². The van der Waals surface area contributed by atoms with Crippen molar-refractivity contribution in [3.8, 4) is 6.07 Å². The quantitative estimate of drug-likeness (QED) is 0.689. The number of nitriles is 1. The standard InChI is InChI=1S/C8H3BrN2O/c9-7-3-6-8(12-7)5(4-10)1-2-11-6/h1-3H. The topological polar surface area (TPSA) is 49.8 Å². The Kier molecular flexibility index (Phi) is 1.59. The summed E-state index contributed by atoms with van der Waals surface area (Å²) in [5, 5.41) is 8.69. The van der Waals surface area contributed by atoms with Gasteiger partial charge in [-0.3, -0.25) is 4.98 Å². The van der Waals surface area contributed by atoms with Crippen LogP contribution >= 0.6 is 15.9 Å². The Hall–Kier alpha value is -1.34. The van der Waals surface area contributed by atoms with Gasteiger partial charge in [0.25, 0.3) is 0 Å². The molecule has 0 amide bonds. The van der Waals surface area contributed by atoms with Crippen LogP contribution in [-0.4, -0.2) is 4.98 Å². The Morgan fingerprint density at radius 1 is 1.58 bits per heavy atom. The minimum atomic E-state index is 0.505. The van der Waals surface area contributed by atoms with Gasteiger partial charge in [-0.2, -0.15) is 5.26 Å². The third-order valence-corrected chi connectivity index (χ3v) is 1.89. The van der Waals surface area contributed by atoms with Crippen molar-refractivity contribution in [3.05, 3.63) is 28.6 Å². The lowest BCUT2D eigenvalue weighted by atomic mass is 10.2. The zero-order chi connectivity index (χ0) is 8.55. The molecule has 0 aliphatic carbocycles. The Morgan fingerprint density at radius 3 is 3.17 bits per heavy atom. The molecule has 0 spiro atoms. The van der Waals surface area contributed by atoms with Crippen LogP contribution in [0, 0.1) is 11.3 Å². The van der Waals surface area contributed by atoms with E-state index in [1.54, 1.807) is 18.3 Å². The van der Waals surface area contributed by atoms with E-state index in [0.717, 1.165) is 0 Å². The fourth-order valence-electron chi connectivity index (χ4n) is 0.997. The average molecular weight is 223 g/mol. The average Bonchev–Trinajstić information content (AvgIpc) is 2.44. The van der Waals surface area contributed by atoms with E-state index in [0.29, 0.717) is 21.3 Å². The fourth-order valence-corrected chi connectivity index (χ4v) is 1.38. The molecule has 0 radical (unpaired) electrons. The molecule has 2 rings (SSSR count). The lowest BCUT2D eigenvalue weighted by Crippen LogP contribution is -1.76. The summed E-state index contributed by atoms with van der Waals surface area (Å²) in [6.07, 6.45) is 1.59. The van der Waals surface area contributed by atoms with Gasteiger partial charge in [0, 0.05) is 12.3 Å². The molecule has 0 aliphatic heterocycles. The van der Waals surface area contributed by atoms with Crippen LogP contribution in [0.25, 0.3) is 11.1 Å². The van der Waals surface area contributed by atoms with Crippen molar-refractivity contribution in [2.75, 3.05) is 0 Å². The van der Waals surface area contributed by atoms with Gasteiger partial charge in [-0.15, -0.1) is 0 Å². The molecule has 3 nitrogen and oxygen atoms in total. The third-order valence-electron chi connectivity index (χ3n) is 1.50. The SMILES string of the molecule is N#Cc1ccnc2cc(Br)oc12. The predicted molar refractivity (Wildman–Crippen MR) is 46.4 cm³/mol. The molecule has 4 heteroatoms. The molecular weight excluding hydrogens is 220 g/mol. The Labute approximate surface area is 76.8 Å². The Bertz CT molecular complexity index is 469. The zero-order valence-electron chi connectivity index (χ0n) is 5.91. The first-order valence-electron chi connectivity index (χ1n) is 3.25. The van der Waals surface area contributed by atoms with Gasteiger partial charge in [0.05, 0.1) is 5.56 Å². The number of hydrogen-bond acceptors (Lipinski definition) is 3. The normalized spacial score (nSPS) is 10.0. The number of furan rings is 1. The highest BCUT2D eigenvalue weighted by Crippen LogP contribution is 2.23. The maximum atomic E-state index is 8.69. The van der Waals surface area contributed by atoms with E-state index in [9.17, 15) is 0 Å². The van der Waals surface area contributed by atoms with Crippen molar-refractivity contribution in [2.24, 2.45) is 0 Å². The van der Waals surface area contributed by atoms with Gasteiger partial charge in [0.2, 0.25) is 0 Å². The number of rotatable bonds is 0. The van der Waals surface area contributed by atoms with E-state index < -0.39 is 0 Å². The summed E-state index contributed by atoms with van der Waals surface area (Å²) in [4.78, 5) is 4.04. The highest BCUT2D eigenvalue weighted by Gasteiger charge is 2.06. The molecule has 0 atom stereocenters. The second-order valence-electron chi connectivity index (χ2n) is 2.24. The number of nitrogens with zero attached hydrogens (tertiary/aromatic N) is 2. The minimum Gasteiger partial charge on any atom is -0.446 e. The molecule has 0 N–H and O–H groups in total. The van der Waals surface area contributed by atoms with Gasteiger partial charge >= 0.3 is 0 Å². The molecule has 0 saturated carbocycles. The van der Waals surface area contributed by atoms with E-state index in [1.807, 2.05) is 6.07 Å². The number of halogens is 1. The Balaban J connectivity index is 2.89. The van der Waals surface area contributed by atoms with E-state index in [-0.39, 0.29) is 0 Å². The lowest BCUT2D eigenvalue weighted by Gasteiger charge is -1.87. The maximum Gasteiger partial charge on any atom is 0.172 e. The van der Waals surface area contributed by atoms with Crippen LogP contribution in [0.15, 0.2) is 27.4 Å². The smallest absolute Gasteiger partial charge is 0.172 e. The summed E-state index contributed by atoms with van der Waals surface area (Å²) in [6.45, 7) is 0. The van der Waals surface area contributed by atoms with Gasteiger partial charge in [-0.25, -0.2) is 0 Å². The van der Waals surface area contributed by atoms with Crippen LogP contribution in [0.1, 0.15) is 5.56 Å². The zero-order valence-corrected chi connectivity index (χ0v) is 7.50. The summed E-state index contributed by atoms with van der Waals surface area (Å²) < 4.78 is 5.81. The summed E-state index contributed by atoms with van der Waals surface area (Å²) in [6, 6.07) is 5.38. The van der Waals surface area contributed by atoms with Crippen molar-refractivity contribution in [3.63, 3.8) is 0 Å². The first-order valence-corrected chi connectivity index (χ1v) is 4.05. The molecule has 2 aromatic rings. The van der Waals surface area contributed by atoms with Crippen LogP contribution in [0.5, 0.6) is 0 Å². The molecule has 12 heavy (non-hydrogen) atoms. The van der Waals surface area contributed by atoms with Gasteiger partial charge < -0.3 is 4.42 Å². The van der Waals surface area contributed by atoms with E-state index in [2.05, 4.69) is 20.9 Å². The molecule has 2 aromatic heterocycles. The van der Waals surface area contributed by atoms with E-state index >= 15 is 0 Å². The first-order chi connectivity index (χ1) is 5.81. The van der Waals surface area contributed by atoms with Crippen LogP contribution in [0.3, 0.4) is 0 Å². The van der Waals surface area contributed by atoms with Gasteiger partial charge in [0.15, 0.2) is 10.3 Å². The van der Waals surface area contributed by atoms with Crippen LogP contribution in [0.2, 0.25) is 0 Å². The van der Waals surface area contributed by atoms with Crippen molar-refractivity contribution >= 4 is 27.0 Å². The van der Waals surface area contributed by atoms with Gasteiger partial charge in [-0.1, -0.05) is 0 Å². The summed E-state index contributed by atoms with van der Waals surface area (Å²) in [5.41, 5.74) is 1.73. The van der Waals surface area contributed by atoms with Crippen molar-refractivity contribution < 1.29 is 4.42 Å². The molecule has 2 heterocycles. The second kappa shape index (κ2) is 2.61. The van der Waals surface area contributed by atoms with Crippen molar-refractivity contribution in [1.82, 2.24) is 4.98 Å². The highest BCUT2D eigenvalue weighted by atomic mass is 79.9. The third kappa shape index (κ3) is 0.990. The molecule has 0 unspecified atom stereocenters. The highest BCUT2D eigenvalue weighted by molar-refractivity contribution is 9.10. The van der Waals surface area contributed by atoms with Gasteiger partial charge in [0.1, 0.15) is 11.6 Å². The monoisotopic (exact) mass is 222 g/mol. The van der Waals surface area contributed by atoms with Crippen molar-refractivity contribution in [2.45, 2.75) is 0 Å². The minimum absolute atomic E-state index is 0.505. The van der Waals surface area contributed by atoms with E-state index in [4.69, 9.17) is 9.68 Å². The number of pyridine rings is 1. The molecule has 0 saturated heterocycles. The first kappa shape index (κ1) is 7.32. The molecule has 58 valence electrons. The van der Waals surface area contributed by atoms with Crippen LogP contribution < -0.4 is 0 Å². The molecule has 0 fully saturated rings. The predicted octanol–water partition coefficient (Wildman–Crippen LogP) is 2.46. The van der Waals surface area contributed by atoms with Crippen LogP contribution in [0.4, 0.5) is 0 Å².